The number of hydrogen-bond donors (Lipinski definition) is 1. The molecular formula is C12H11ClFNO. The highest BCUT2D eigenvalue weighted by molar-refractivity contribution is 6.30. The molecule has 0 saturated heterocycles. The molecule has 0 spiro atoms. The van der Waals surface area contributed by atoms with Crippen LogP contribution in [0, 0.1) is 17.7 Å². The highest BCUT2D eigenvalue weighted by Crippen LogP contribution is 2.13. The van der Waals surface area contributed by atoms with E-state index in [1.807, 2.05) is 0 Å². The van der Waals surface area contributed by atoms with Crippen molar-refractivity contribution in [2.45, 2.75) is 13.3 Å². The van der Waals surface area contributed by atoms with Gasteiger partial charge in [-0.1, -0.05) is 23.4 Å². The summed E-state index contributed by atoms with van der Waals surface area (Å²) in [6, 6.07) is 4.34. The highest BCUT2D eigenvalue weighted by Gasteiger charge is 1.98. The number of carbonyl (C=O) groups is 1. The van der Waals surface area contributed by atoms with E-state index in [1.54, 1.807) is 6.07 Å². The quantitative estimate of drug-likeness (QED) is 0.623. The van der Waals surface area contributed by atoms with Crippen molar-refractivity contribution < 1.29 is 9.18 Å². The van der Waals surface area contributed by atoms with Gasteiger partial charge in [0.2, 0.25) is 5.91 Å². The summed E-state index contributed by atoms with van der Waals surface area (Å²) in [5, 5.41) is 2.95. The molecule has 0 aliphatic carbocycles. The lowest BCUT2D eigenvalue weighted by Gasteiger charge is -1.96. The van der Waals surface area contributed by atoms with Crippen molar-refractivity contribution in [2.75, 3.05) is 6.54 Å². The molecule has 0 unspecified atom stereocenters. The van der Waals surface area contributed by atoms with E-state index in [-0.39, 0.29) is 5.91 Å². The van der Waals surface area contributed by atoms with E-state index >= 15 is 0 Å². The zero-order valence-corrected chi connectivity index (χ0v) is 9.57. The Hall–Kier alpha value is -1.53. The fraction of sp³-hybridized carbons (Fsp3) is 0.250. The first kappa shape index (κ1) is 12.5. The molecule has 0 fully saturated rings. The first-order valence-electron chi connectivity index (χ1n) is 4.78. The number of carbonyl (C=O) groups excluding carboxylic acids is 1. The Morgan fingerprint density at radius 2 is 2.31 bits per heavy atom. The van der Waals surface area contributed by atoms with Crippen molar-refractivity contribution in [3.8, 4) is 11.8 Å². The Kier molecular flexibility index (Phi) is 4.81. The third kappa shape index (κ3) is 4.33. The second-order valence-electron chi connectivity index (χ2n) is 3.16. The minimum Gasteiger partial charge on any atom is -0.355 e. The van der Waals surface area contributed by atoms with Crippen molar-refractivity contribution in [1.29, 1.82) is 0 Å². The number of halogens is 2. The lowest BCUT2D eigenvalue weighted by Crippen LogP contribution is -2.20. The van der Waals surface area contributed by atoms with Gasteiger partial charge in [-0.25, -0.2) is 4.39 Å². The van der Waals surface area contributed by atoms with E-state index in [1.165, 1.54) is 19.1 Å². The normalized spacial score (nSPS) is 9.19. The molecule has 84 valence electrons. The molecule has 0 aliphatic heterocycles. The molecule has 4 heteroatoms. The summed E-state index contributed by atoms with van der Waals surface area (Å²) in [7, 11) is 0. The molecule has 16 heavy (non-hydrogen) atoms. The summed E-state index contributed by atoms with van der Waals surface area (Å²) >= 11 is 5.60. The summed E-state index contributed by atoms with van der Waals surface area (Å²) in [4.78, 5) is 10.5. The van der Waals surface area contributed by atoms with Crippen LogP contribution in [-0.2, 0) is 4.79 Å². The molecular weight excluding hydrogens is 229 g/mol. The topological polar surface area (TPSA) is 29.1 Å². The lowest BCUT2D eigenvalue weighted by molar-refractivity contribution is -0.118. The molecule has 0 heterocycles. The highest BCUT2D eigenvalue weighted by atomic mass is 35.5. The lowest BCUT2D eigenvalue weighted by atomic mass is 10.2. The van der Waals surface area contributed by atoms with Crippen molar-refractivity contribution >= 4 is 17.5 Å². The average Bonchev–Trinajstić information content (AvgIpc) is 2.20. The Balaban J connectivity index is 2.53. The predicted octanol–water partition coefficient (Wildman–Crippen LogP) is 2.36. The largest absolute Gasteiger partial charge is 0.355 e. The van der Waals surface area contributed by atoms with E-state index in [0.29, 0.717) is 23.6 Å². The van der Waals surface area contributed by atoms with Gasteiger partial charge in [-0.15, -0.1) is 0 Å². The fourth-order valence-corrected chi connectivity index (χ4v) is 1.21. The monoisotopic (exact) mass is 239 g/mol. The smallest absolute Gasteiger partial charge is 0.216 e. The molecule has 1 N–H and O–H groups in total. The van der Waals surface area contributed by atoms with Crippen LogP contribution in [0.3, 0.4) is 0 Å². The van der Waals surface area contributed by atoms with Crippen LogP contribution in [0.1, 0.15) is 18.9 Å². The minimum absolute atomic E-state index is 0.0977. The van der Waals surface area contributed by atoms with Crippen LogP contribution in [0.4, 0.5) is 4.39 Å². The van der Waals surface area contributed by atoms with E-state index in [0.717, 1.165) is 0 Å². The molecule has 1 aromatic rings. The van der Waals surface area contributed by atoms with Gasteiger partial charge in [0.25, 0.3) is 0 Å². The summed E-state index contributed by atoms with van der Waals surface area (Å²) in [6.07, 6.45) is 0.488. The predicted molar refractivity (Wildman–Crippen MR) is 61.6 cm³/mol. The van der Waals surface area contributed by atoms with Gasteiger partial charge in [-0.2, -0.15) is 0 Å². The summed E-state index contributed by atoms with van der Waals surface area (Å²) in [5.74, 6) is 4.92. The molecule has 0 aliphatic rings. The second kappa shape index (κ2) is 6.14. The average molecular weight is 240 g/mol. The minimum atomic E-state index is -0.431. The Morgan fingerprint density at radius 1 is 1.56 bits per heavy atom. The third-order valence-corrected chi connectivity index (χ3v) is 2.01. The van der Waals surface area contributed by atoms with Crippen molar-refractivity contribution in [1.82, 2.24) is 5.32 Å². The van der Waals surface area contributed by atoms with Crippen LogP contribution in [0.25, 0.3) is 0 Å². The van der Waals surface area contributed by atoms with Crippen molar-refractivity contribution in [3.05, 3.63) is 34.6 Å². The van der Waals surface area contributed by atoms with Gasteiger partial charge in [-0.3, -0.25) is 4.79 Å². The summed E-state index contributed by atoms with van der Waals surface area (Å²) in [6.45, 7) is 1.91. The molecule has 0 aromatic heterocycles. The number of amides is 1. The molecule has 1 rings (SSSR count). The maximum Gasteiger partial charge on any atom is 0.216 e. The van der Waals surface area contributed by atoms with E-state index in [2.05, 4.69) is 17.2 Å². The molecule has 2 nitrogen and oxygen atoms in total. The zero-order chi connectivity index (χ0) is 12.0. The molecule has 1 aromatic carbocycles. The SMILES string of the molecule is CC(=O)NCCC#Cc1ccc(Cl)cc1F. The van der Waals surface area contributed by atoms with Crippen LogP contribution in [-0.4, -0.2) is 12.5 Å². The molecule has 0 bridgehead atoms. The van der Waals surface area contributed by atoms with Gasteiger partial charge in [0, 0.05) is 24.9 Å². The standard InChI is InChI=1S/C12H11ClFNO/c1-9(16)15-7-3-2-4-10-5-6-11(13)8-12(10)14/h5-6,8H,3,7H2,1H3,(H,15,16). The van der Waals surface area contributed by atoms with Gasteiger partial charge >= 0.3 is 0 Å². The number of hydrogen-bond acceptors (Lipinski definition) is 1. The van der Waals surface area contributed by atoms with Crippen LogP contribution in [0.15, 0.2) is 18.2 Å². The fourth-order valence-electron chi connectivity index (χ4n) is 1.05. The van der Waals surface area contributed by atoms with Crippen LogP contribution < -0.4 is 5.32 Å². The summed E-state index contributed by atoms with van der Waals surface area (Å²) in [5.41, 5.74) is 0.312. The van der Waals surface area contributed by atoms with Gasteiger partial charge in [0.15, 0.2) is 0 Å². The van der Waals surface area contributed by atoms with E-state index in [4.69, 9.17) is 11.6 Å². The molecule has 0 atom stereocenters. The molecule has 1 amide bonds. The van der Waals surface area contributed by atoms with Gasteiger partial charge in [0.05, 0.1) is 5.56 Å². The van der Waals surface area contributed by atoms with E-state index < -0.39 is 5.82 Å². The van der Waals surface area contributed by atoms with Gasteiger partial charge in [-0.05, 0) is 18.2 Å². The van der Waals surface area contributed by atoms with Gasteiger partial charge < -0.3 is 5.32 Å². The van der Waals surface area contributed by atoms with Crippen LogP contribution in [0.2, 0.25) is 5.02 Å². The number of benzene rings is 1. The number of rotatable bonds is 2. The first-order valence-corrected chi connectivity index (χ1v) is 5.16. The Bertz CT molecular complexity index is 448. The molecule has 0 radical (unpaired) electrons. The first-order chi connectivity index (χ1) is 7.59. The summed E-state index contributed by atoms with van der Waals surface area (Å²) < 4.78 is 13.2. The van der Waals surface area contributed by atoms with Gasteiger partial charge in [0.1, 0.15) is 5.82 Å². The van der Waals surface area contributed by atoms with Crippen molar-refractivity contribution in [2.24, 2.45) is 0 Å². The van der Waals surface area contributed by atoms with Crippen LogP contribution >= 0.6 is 11.6 Å². The zero-order valence-electron chi connectivity index (χ0n) is 8.81. The molecule has 0 saturated carbocycles. The Labute approximate surface area is 98.8 Å². The van der Waals surface area contributed by atoms with Crippen LogP contribution in [0.5, 0.6) is 0 Å². The Morgan fingerprint density at radius 3 is 2.94 bits per heavy atom. The van der Waals surface area contributed by atoms with E-state index in [9.17, 15) is 9.18 Å². The second-order valence-corrected chi connectivity index (χ2v) is 3.60. The van der Waals surface area contributed by atoms with Crippen molar-refractivity contribution in [3.63, 3.8) is 0 Å². The number of nitrogens with one attached hydrogen (secondary N) is 1. The third-order valence-electron chi connectivity index (χ3n) is 1.78. The maximum absolute atomic E-state index is 13.2. The maximum atomic E-state index is 13.2.